The molecule has 0 bridgehead atoms. The van der Waals surface area contributed by atoms with Crippen molar-refractivity contribution < 1.29 is 9.53 Å². The van der Waals surface area contributed by atoms with E-state index in [4.69, 9.17) is 4.74 Å². The molecule has 2 aliphatic heterocycles. The third kappa shape index (κ3) is 3.70. The van der Waals surface area contributed by atoms with Gasteiger partial charge in [0, 0.05) is 42.7 Å². The van der Waals surface area contributed by atoms with Crippen LogP contribution in [0.4, 0.5) is 0 Å². The maximum atomic E-state index is 12.3. The topological polar surface area (TPSA) is 29.5 Å². The molecule has 118 valence electrons. The van der Waals surface area contributed by atoms with Crippen LogP contribution in [0.1, 0.15) is 18.4 Å². The van der Waals surface area contributed by atoms with Gasteiger partial charge < -0.3 is 9.64 Å². The molecule has 0 N–H and O–H groups in total. The zero-order chi connectivity index (χ0) is 15.4. The maximum absolute atomic E-state index is 12.3. The summed E-state index contributed by atoms with van der Waals surface area (Å²) in [5.41, 5.74) is 1.06. The monoisotopic (exact) mass is 335 g/mol. The quantitative estimate of drug-likeness (QED) is 0.624. The van der Waals surface area contributed by atoms with E-state index in [1.165, 1.54) is 4.90 Å². The van der Waals surface area contributed by atoms with Crippen molar-refractivity contribution in [2.24, 2.45) is 0 Å². The summed E-state index contributed by atoms with van der Waals surface area (Å²) in [5.74, 6) is 1.19. The van der Waals surface area contributed by atoms with Crippen molar-refractivity contribution in [2.75, 3.05) is 31.7 Å². The Morgan fingerprint density at radius 2 is 2.05 bits per heavy atom. The molecule has 2 fully saturated rings. The average Bonchev–Trinajstić information content (AvgIpc) is 3.02. The molecule has 0 radical (unpaired) electrons. The van der Waals surface area contributed by atoms with Gasteiger partial charge >= 0.3 is 0 Å². The minimum atomic E-state index is -0.00581. The first-order valence-corrected chi connectivity index (χ1v) is 9.81. The van der Waals surface area contributed by atoms with Gasteiger partial charge in [0.05, 0.1) is 6.61 Å². The van der Waals surface area contributed by atoms with E-state index in [1.807, 2.05) is 34.9 Å². The SMILES string of the molecule is CSc1ccc(/C=C/C(=O)N2CCC3(CC2)OCCS3)cc1. The second-order valence-corrected chi connectivity index (χ2v) is 7.86. The van der Waals surface area contributed by atoms with Crippen molar-refractivity contribution in [3.63, 3.8) is 0 Å². The van der Waals surface area contributed by atoms with Crippen molar-refractivity contribution in [3.8, 4) is 0 Å². The summed E-state index contributed by atoms with van der Waals surface area (Å²) < 4.78 is 5.87. The number of piperidine rings is 1. The van der Waals surface area contributed by atoms with Crippen LogP contribution in [0.5, 0.6) is 0 Å². The van der Waals surface area contributed by atoms with Crippen molar-refractivity contribution in [2.45, 2.75) is 22.7 Å². The molecule has 22 heavy (non-hydrogen) atoms. The van der Waals surface area contributed by atoms with Crippen molar-refractivity contribution in [3.05, 3.63) is 35.9 Å². The maximum Gasteiger partial charge on any atom is 0.246 e. The molecule has 2 aliphatic rings. The normalized spacial score (nSPS) is 20.9. The number of hydrogen-bond acceptors (Lipinski definition) is 4. The average molecular weight is 335 g/mol. The molecule has 1 amide bonds. The Labute approximate surface area is 140 Å². The van der Waals surface area contributed by atoms with E-state index in [-0.39, 0.29) is 10.8 Å². The second-order valence-electron chi connectivity index (χ2n) is 5.54. The molecule has 1 aromatic rings. The Hall–Kier alpha value is -0.910. The first-order valence-electron chi connectivity index (χ1n) is 7.60. The van der Waals surface area contributed by atoms with Crippen LogP contribution in [0.3, 0.4) is 0 Å². The highest BCUT2D eigenvalue weighted by Gasteiger charge is 2.39. The van der Waals surface area contributed by atoms with Crippen molar-refractivity contribution in [1.29, 1.82) is 0 Å². The molecule has 0 unspecified atom stereocenters. The lowest BCUT2D eigenvalue weighted by atomic mass is 10.1. The fraction of sp³-hybridized carbons (Fsp3) is 0.471. The number of carbonyl (C=O) groups excluding carboxylic acids is 1. The Bertz CT molecular complexity index is 540. The number of thioether (sulfide) groups is 2. The number of rotatable bonds is 3. The molecular formula is C17H21NO2S2. The Balaban J connectivity index is 1.54. The van der Waals surface area contributed by atoms with Crippen LogP contribution in [0.2, 0.25) is 0 Å². The van der Waals surface area contributed by atoms with Gasteiger partial charge in [0.15, 0.2) is 0 Å². The van der Waals surface area contributed by atoms with Crippen LogP contribution in [0, 0.1) is 0 Å². The summed E-state index contributed by atoms with van der Waals surface area (Å²) in [6.07, 6.45) is 7.54. The van der Waals surface area contributed by atoms with Gasteiger partial charge in [-0.15, -0.1) is 23.5 Å². The van der Waals surface area contributed by atoms with E-state index < -0.39 is 0 Å². The highest BCUT2D eigenvalue weighted by atomic mass is 32.2. The van der Waals surface area contributed by atoms with Gasteiger partial charge in [-0.1, -0.05) is 12.1 Å². The fourth-order valence-electron chi connectivity index (χ4n) is 2.84. The van der Waals surface area contributed by atoms with Crippen LogP contribution in [-0.2, 0) is 9.53 Å². The summed E-state index contributed by atoms with van der Waals surface area (Å²) in [7, 11) is 0. The van der Waals surface area contributed by atoms with E-state index in [1.54, 1.807) is 17.8 Å². The van der Waals surface area contributed by atoms with Gasteiger partial charge in [0.1, 0.15) is 4.93 Å². The lowest BCUT2D eigenvalue weighted by Gasteiger charge is -2.37. The van der Waals surface area contributed by atoms with E-state index in [0.29, 0.717) is 0 Å². The highest BCUT2D eigenvalue weighted by molar-refractivity contribution is 8.00. The summed E-state index contributed by atoms with van der Waals surface area (Å²) in [6.45, 7) is 2.44. The molecule has 0 saturated carbocycles. The van der Waals surface area contributed by atoms with E-state index in [2.05, 4.69) is 18.4 Å². The van der Waals surface area contributed by atoms with Crippen LogP contribution in [0.25, 0.3) is 6.08 Å². The van der Waals surface area contributed by atoms with Crippen LogP contribution < -0.4 is 0 Å². The Morgan fingerprint density at radius 3 is 2.64 bits per heavy atom. The van der Waals surface area contributed by atoms with Gasteiger partial charge in [0.2, 0.25) is 5.91 Å². The standard InChI is InChI=1S/C17H21NO2S2/c1-21-15-5-2-14(3-6-15)4-7-16(19)18-10-8-17(9-11-18)20-12-13-22-17/h2-7H,8-13H2,1H3/b7-4+. The molecule has 0 aromatic heterocycles. The highest BCUT2D eigenvalue weighted by Crippen LogP contribution is 2.41. The molecule has 3 rings (SSSR count). The third-order valence-electron chi connectivity index (χ3n) is 4.18. The van der Waals surface area contributed by atoms with Crippen molar-refractivity contribution >= 4 is 35.5 Å². The van der Waals surface area contributed by atoms with Crippen LogP contribution >= 0.6 is 23.5 Å². The number of hydrogen-bond donors (Lipinski definition) is 0. The molecule has 0 aliphatic carbocycles. The predicted molar refractivity (Wildman–Crippen MR) is 94.2 cm³/mol. The first-order chi connectivity index (χ1) is 10.7. The minimum absolute atomic E-state index is 0.00581. The molecule has 2 heterocycles. The number of nitrogens with zero attached hydrogens (tertiary/aromatic N) is 1. The molecule has 0 atom stereocenters. The lowest BCUT2D eigenvalue weighted by Crippen LogP contribution is -2.44. The van der Waals surface area contributed by atoms with Gasteiger partial charge in [-0.2, -0.15) is 0 Å². The molecule has 1 aromatic carbocycles. The number of likely N-dealkylation sites (tertiary alicyclic amines) is 1. The Morgan fingerprint density at radius 1 is 1.32 bits per heavy atom. The summed E-state index contributed by atoms with van der Waals surface area (Å²) >= 11 is 3.63. The fourth-order valence-corrected chi connectivity index (χ4v) is 4.43. The van der Waals surface area contributed by atoms with Gasteiger partial charge in [-0.3, -0.25) is 4.79 Å². The third-order valence-corrected chi connectivity index (χ3v) is 6.35. The number of ether oxygens (including phenoxy) is 1. The predicted octanol–water partition coefficient (Wildman–Crippen LogP) is 3.50. The minimum Gasteiger partial charge on any atom is -0.363 e. The molecule has 3 nitrogen and oxygen atoms in total. The molecule has 2 saturated heterocycles. The molecule has 1 spiro atoms. The van der Waals surface area contributed by atoms with Gasteiger partial charge in [0.25, 0.3) is 0 Å². The number of amides is 1. The summed E-state index contributed by atoms with van der Waals surface area (Å²) in [4.78, 5) is 15.4. The van der Waals surface area contributed by atoms with E-state index >= 15 is 0 Å². The largest absolute Gasteiger partial charge is 0.363 e. The Kier molecular flexibility index (Phi) is 5.16. The smallest absolute Gasteiger partial charge is 0.246 e. The summed E-state index contributed by atoms with van der Waals surface area (Å²) in [6, 6.07) is 8.25. The number of benzene rings is 1. The van der Waals surface area contributed by atoms with Crippen LogP contribution in [0.15, 0.2) is 35.2 Å². The van der Waals surface area contributed by atoms with E-state index in [0.717, 1.165) is 43.9 Å². The van der Waals surface area contributed by atoms with Gasteiger partial charge in [-0.05, 0) is 30.0 Å². The zero-order valence-electron chi connectivity index (χ0n) is 12.8. The van der Waals surface area contributed by atoms with E-state index in [9.17, 15) is 4.79 Å². The van der Waals surface area contributed by atoms with Crippen molar-refractivity contribution in [1.82, 2.24) is 4.90 Å². The lowest BCUT2D eigenvalue weighted by molar-refractivity contribution is -0.128. The number of carbonyl (C=O) groups is 1. The first kappa shape index (κ1) is 16.0. The zero-order valence-corrected chi connectivity index (χ0v) is 14.4. The van der Waals surface area contributed by atoms with Gasteiger partial charge in [-0.25, -0.2) is 0 Å². The summed E-state index contributed by atoms with van der Waals surface area (Å²) in [5, 5.41) is 0. The van der Waals surface area contributed by atoms with Crippen LogP contribution in [-0.4, -0.2) is 47.4 Å². The second kappa shape index (κ2) is 7.11. The molecular weight excluding hydrogens is 314 g/mol. The molecule has 5 heteroatoms.